The molecule has 0 saturated carbocycles. The number of hydrogen-bond donors (Lipinski definition) is 1. The Labute approximate surface area is 113 Å². The zero-order valence-corrected chi connectivity index (χ0v) is 12.0. The highest BCUT2D eigenvalue weighted by atomic mass is 32.2. The van der Waals surface area contributed by atoms with E-state index in [0.29, 0.717) is 18.5 Å². The van der Waals surface area contributed by atoms with Crippen molar-refractivity contribution in [2.24, 2.45) is 0 Å². The van der Waals surface area contributed by atoms with Gasteiger partial charge in [-0.25, -0.2) is 0 Å². The van der Waals surface area contributed by atoms with Gasteiger partial charge in [-0.05, 0) is 30.2 Å². The number of nitrogens with zero attached hydrogens (tertiary/aromatic N) is 2. The summed E-state index contributed by atoms with van der Waals surface area (Å²) in [5.74, 6) is 0.0779. The molecule has 1 N–H and O–H groups in total. The largest absolute Gasteiger partial charge is 0.315 e. The van der Waals surface area contributed by atoms with Crippen LogP contribution in [-0.2, 0) is 21.4 Å². The Morgan fingerprint density at radius 3 is 2.58 bits per heavy atom. The third kappa shape index (κ3) is 2.71. The van der Waals surface area contributed by atoms with Gasteiger partial charge in [-0.3, -0.25) is 9.52 Å². The Hall–Kier alpha value is -1.60. The van der Waals surface area contributed by atoms with Crippen molar-refractivity contribution in [2.45, 2.75) is 12.8 Å². The highest BCUT2D eigenvalue weighted by Gasteiger charge is 2.21. The van der Waals surface area contributed by atoms with E-state index in [0.717, 1.165) is 15.6 Å². The molecule has 0 unspecified atom stereocenters. The van der Waals surface area contributed by atoms with Crippen LogP contribution in [0.4, 0.5) is 11.4 Å². The molecule has 1 aliphatic heterocycles. The van der Waals surface area contributed by atoms with Gasteiger partial charge in [-0.15, -0.1) is 0 Å². The number of amides is 1. The Morgan fingerprint density at radius 1 is 1.26 bits per heavy atom. The molecule has 0 spiro atoms. The number of hydrogen-bond acceptors (Lipinski definition) is 3. The predicted octanol–water partition coefficient (Wildman–Crippen LogP) is 0.814. The maximum absolute atomic E-state index is 11.7. The van der Waals surface area contributed by atoms with Gasteiger partial charge in [-0.2, -0.15) is 12.7 Å². The van der Waals surface area contributed by atoms with E-state index in [9.17, 15) is 13.2 Å². The van der Waals surface area contributed by atoms with Crippen molar-refractivity contribution in [1.82, 2.24) is 4.31 Å². The summed E-state index contributed by atoms with van der Waals surface area (Å²) in [6, 6.07) is 5.20. The van der Waals surface area contributed by atoms with Crippen molar-refractivity contribution in [3.05, 3.63) is 23.8 Å². The van der Waals surface area contributed by atoms with Crippen LogP contribution in [0, 0.1) is 0 Å². The SMILES string of the molecule is CN1C(=O)CCc2cc(NS(=O)(=O)N(C)C)ccc21. The van der Waals surface area contributed by atoms with Crippen molar-refractivity contribution in [2.75, 3.05) is 30.8 Å². The first-order valence-corrected chi connectivity index (χ1v) is 7.35. The van der Waals surface area contributed by atoms with Crippen molar-refractivity contribution >= 4 is 27.5 Å². The summed E-state index contributed by atoms with van der Waals surface area (Å²) < 4.78 is 27.1. The van der Waals surface area contributed by atoms with Gasteiger partial charge in [0.2, 0.25) is 5.91 Å². The summed E-state index contributed by atoms with van der Waals surface area (Å²) in [6.45, 7) is 0. The molecule has 0 saturated heterocycles. The van der Waals surface area contributed by atoms with E-state index in [1.54, 1.807) is 30.1 Å². The first-order chi connectivity index (χ1) is 8.81. The summed E-state index contributed by atoms with van der Waals surface area (Å²) in [4.78, 5) is 13.2. The molecule has 1 aromatic carbocycles. The minimum atomic E-state index is -3.50. The number of carbonyl (C=O) groups excluding carboxylic acids is 1. The molecule has 19 heavy (non-hydrogen) atoms. The monoisotopic (exact) mass is 283 g/mol. The zero-order valence-electron chi connectivity index (χ0n) is 11.2. The second kappa shape index (κ2) is 4.82. The second-order valence-electron chi connectivity index (χ2n) is 4.69. The van der Waals surface area contributed by atoms with Gasteiger partial charge in [0.1, 0.15) is 0 Å². The van der Waals surface area contributed by atoms with Crippen LogP contribution < -0.4 is 9.62 Å². The second-order valence-corrected chi connectivity index (χ2v) is 6.57. The minimum Gasteiger partial charge on any atom is -0.315 e. The fourth-order valence-electron chi connectivity index (χ4n) is 1.96. The van der Waals surface area contributed by atoms with Crippen LogP contribution in [0.2, 0.25) is 0 Å². The maximum atomic E-state index is 11.7. The van der Waals surface area contributed by atoms with Gasteiger partial charge in [0.15, 0.2) is 0 Å². The lowest BCUT2D eigenvalue weighted by Crippen LogP contribution is -2.31. The highest BCUT2D eigenvalue weighted by molar-refractivity contribution is 7.90. The average Bonchev–Trinajstić information content (AvgIpc) is 2.33. The predicted molar refractivity (Wildman–Crippen MR) is 74.4 cm³/mol. The van der Waals surface area contributed by atoms with Gasteiger partial charge in [0, 0.05) is 33.3 Å². The van der Waals surface area contributed by atoms with Crippen LogP contribution in [0.25, 0.3) is 0 Å². The van der Waals surface area contributed by atoms with Crippen LogP contribution >= 0.6 is 0 Å². The minimum absolute atomic E-state index is 0.0779. The van der Waals surface area contributed by atoms with Gasteiger partial charge in [-0.1, -0.05) is 0 Å². The van der Waals surface area contributed by atoms with Gasteiger partial charge >= 0.3 is 10.2 Å². The molecule has 2 rings (SSSR count). The molecule has 7 heteroatoms. The number of anilines is 2. The molecule has 0 bridgehead atoms. The lowest BCUT2D eigenvalue weighted by Gasteiger charge is -2.26. The summed E-state index contributed by atoms with van der Waals surface area (Å²) in [7, 11) is 1.16. The molecular formula is C12H17N3O3S. The van der Waals surface area contributed by atoms with E-state index >= 15 is 0 Å². The summed E-state index contributed by atoms with van der Waals surface area (Å²) in [5, 5.41) is 0. The molecule has 6 nitrogen and oxygen atoms in total. The molecular weight excluding hydrogens is 266 g/mol. The highest BCUT2D eigenvalue weighted by Crippen LogP contribution is 2.29. The summed E-state index contributed by atoms with van der Waals surface area (Å²) in [5.41, 5.74) is 2.32. The first kappa shape index (κ1) is 13.8. The first-order valence-electron chi connectivity index (χ1n) is 5.91. The van der Waals surface area contributed by atoms with E-state index in [2.05, 4.69) is 4.72 Å². The lowest BCUT2D eigenvalue weighted by atomic mass is 10.0. The number of benzene rings is 1. The fourth-order valence-corrected chi connectivity index (χ4v) is 2.57. The maximum Gasteiger partial charge on any atom is 0.301 e. The third-order valence-electron chi connectivity index (χ3n) is 3.15. The van der Waals surface area contributed by atoms with Crippen LogP contribution in [0.1, 0.15) is 12.0 Å². The van der Waals surface area contributed by atoms with Crippen molar-refractivity contribution in [3.63, 3.8) is 0 Å². The lowest BCUT2D eigenvalue weighted by molar-refractivity contribution is -0.118. The van der Waals surface area contributed by atoms with E-state index in [4.69, 9.17) is 0 Å². The number of aryl methyl sites for hydroxylation is 1. The molecule has 0 radical (unpaired) electrons. The standard InChI is InChI=1S/C12H17N3O3S/c1-14(2)19(17,18)13-10-5-6-11-9(8-10)4-7-12(16)15(11)3/h5-6,8,13H,4,7H2,1-3H3. The summed E-state index contributed by atoms with van der Waals surface area (Å²) in [6.07, 6.45) is 1.09. The van der Waals surface area contributed by atoms with Gasteiger partial charge < -0.3 is 4.90 Å². The van der Waals surface area contributed by atoms with Crippen LogP contribution in [0.5, 0.6) is 0 Å². The molecule has 0 aliphatic carbocycles. The Kier molecular flexibility index (Phi) is 3.51. The molecule has 1 heterocycles. The molecule has 0 atom stereocenters. The van der Waals surface area contributed by atoms with E-state index in [1.807, 2.05) is 0 Å². The van der Waals surface area contributed by atoms with E-state index in [1.165, 1.54) is 14.1 Å². The van der Waals surface area contributed by atoms with Crippen molar-refractivity contribution in [1.29, 1.82) is 0 Å². The number of rotatable bonds is 3. The molecule has 1 aromatic rings. The number of carbonyl (C=O) groups is 1. The Bertz CT molecular complexity index is 611. The Balaban J connectivity index is 2.30. The van der Waals surface area contributed by atoms with E-state index < -0.39 is 10.2 Å². The smallest absolute Gasteiger partial charge is 0.301 e. The normalized spacial score (nSPS) is 15.6. The Morgan fingerprint density at radius 2 is 1.95 bits per heavy atom. The average molecular weight is 283 g/mol. The van der Waals surface area contributed by atoms with Gasteiger partial charge in [0.05, 0.1) is 5.69 Å². The topological polar surface area (TPSA) is 69.7 Å². The quantitative estimate of drug-likeness (QED) is 0.892. The molecule has 0 fully saturated rings. The summed E-state index contributed by atoms with van der Waals surface area (Å²) >= 11 is 0. The fraction of sp³-hybridized carbons (Fsp3) is 0.417. The molecule has 104 valence electrons. The number of fused-ring (bicyclic) bond motifs is 1. The van der Waals surface area contributed by atoms with Gasteiger partial charge in [0.25, 0.3) is 0 Å². The zero-order chi connectivity index (χ0) is 14.2. The van der Waals surface area contributed by atoms with Crippen molar-refractivity contribution < 1.29 is 13.2 Å². The van der Waals surface area contributed by atoms with E-state index in [-0.39, 0.29) is 5.91 Å². The molecule has 1 aliphatic rings. The van der Waals surface area contributed by atoms with Crippen LogP contribution in [-0.4, -0.2) is 39.8 Å². The molecule has 1 amide bonds. The molecule has 0 aromatic heterocycles. The van der Waals surface area contributed by atoms with Crippen molar-refractivity contribution in [3.8, 4) is 0 Å². The third-order valence-corrected chi connectivity index (χ3v) is 4.61. The van der Waals surface area contributed by atoms with Crippen LogP contribution in [0.3, 0.4) is 0 Å². The van der Waals surface area contributed by atoms with Crippen LogP contribution in [0.15, 0.2) is 18.2 Å². The number of nitrogens with one attached hydrogen (secondary N) is 1.